The van der Waals surface area contributed by atoms with E-state index in [1.54, 1.807) is 0 Å². The summed E-state index contributed by atoms with van der Waals surface area (Å²) in [6.07, 6.45) is 5.24. The second kappa shape index (κ2) is 7.92. The van der Waals surface area contributed by atoms with Gasteiger partial charge in [0.05, 0.1) is 11.7 Å². The number of anilines is 1. The van der Waals surface area contributed by atoms with Crippen molar-refractivity contribution in [2.45, 2.75) is 58.0 Å². The summed E-state index contributed by atoms with van der Waals surface area (Å²) in [4.78, 5) is 17.3. The van der Waals surface area contributed by atoms with Crippen LogP contribution in [0.2, 0.25) is 0 Å². The van der Waals surface area contributed by atoms with Crippen molar-refractivity contribution in [2.24, 2.45) is 0 Å². The molecule has 1 N–H and O–H groups in total. The maximum Gasteiger partial charge on any atom is 0.239 e. The second-order valence-corrected chi connectivity index (χ2v) is 7.00. The molecule has 0 spiro atoms. The third-order valence-electron chi connectivity index (χ3n) is 5.12. The number of likely N-dealkylation sites (tertiary alicyclic amines) is 2. The minimum Gasteiger partial charge on any atom is -0.366 e. The van der Waals surface area contributed by atoms with Crippen LogP contribution < -0.4 is 5.32 Å². The fraction of sp³-hybridized carbons (Fsp3) is 0.722. The smallest absolute Gasteiger partial charge is 0.239 e. The Morgan fingerprint density at radius 2 is 2.00 bits per heavy atom. The molecule has 2 saturated heterocycles. The van der Waals surface area contributed by atoms with E-state index in [0.717, 1.165) is 69.8 Å². The molecule has 3 heterocycles. The largest absolute Gasteiger partial charge is 0.366 e. The van der Waals surface area contributed by atoms with E-state index in [4.69, 9.17) is 0 Å². The number of hydrogen-bond acceptors (Lipinski definition) is 5. The maximum absolute atomic E-state index is 12.8. The van der Waals surface area contributed by atoms with Crippen molar-refractivity contribution < 1.29 is 4.79 Å². The molecule has 0 aliphatic carbocycles. The molecule has 2 aliphatic rings. The number of aromatic nitrogens is 2. The molecule has 24 heavy (non-hydrogen) atoms. The molecule has 1 aromatic rings. The summed E-state index contributed by atoms with van der Waals surface area (Å²) in [7, 11) is 0. The van der Waals surface area contributed by atoms with Crippen molar-refractivity contribution in [3.8, 4) is 0 Å². The molecule has 2 fully saturated rings. The maximum atomic E-state index is 12.8. The molecule has 6 nitrogen and oxygen atoms in total. The Balaban J connectivity index is 1.49. The van der Waals surface area contributed by atoms with Crippen molar-refractivity contribution in [1.29, 1.82) is 0 Å². The van der Waals surface area contributed by atoms with Gasteiger partial charge in [-0.15, -0.1) is 5.10 Å². The van der Waals surface area contributed by atoms with Gasteiger partial charge < -0.3 is 10.2 Å². The number of carbonyl (C=O) groups excluding carboxylic acids is 1. The van der Waals surface area contributed by atoms with Gasteiger partial charge in [0.2, 0.25) is 5.91 Å². The Morgan fingerprint density at radius 3 is 2.67 bits per heavy atom. The molecular formula is C18H29N5O. The molecule has 1 atom stereocenters. The average Bonchev–Trinajstić information content (AvgIpc) is 3.06. The number of aryl methyl sites for hydroxylation is 1. The van der Waals surface area contributed by atoms with Crippen molar-refractivity contribution >= 4 is 11.7 Å². The van der Waals surface area contributed by atoms with E-state index in [2.05, 4.69) is 32.2 Å². The highest BCUT2D eigenvalue weighted by Gasteiger charge is 2.34. The van der Waals surface area contributed by atoms with Crippen LogP contribution in [0.15, 0.2) is 12.1 Å². The second-order valence-electron chi connectivity index (χ2n) is 7.00. The summed E-state index contributed by atoms with van der Waals surface area (Å²) in [6.45, 7) is 7.92. The standard InChI is InChI=1S/C18H29N5O/c1-3-10-22-11-4-5-16(22)18(24)23-12-8-15(9-13-23)19-17-7-6-14(2)20-21-17/h6-7,15-16H,3-5,8-13H2,1-2H3,(H,19,21)/t16-/m1/s1. The molecule has 1 amide bonds. The summed E-state index contributed by atoms with van der Waals surface area (Å²) in [6, 6.07) is 4.44. The van der Waals surface area contributed by atoms with Gasteiger partial charge in [-0.3, -0.25) is 9.69 Å². The minimum absolute atomic E-state index is 0.123. The van der Waals surface area contributed by atoms with Crippen LogP contribution in [0.25, 0.3) is 0 Å². The van der Waals surface area contributed by atoms with E-state index < -0.39 is 0 Å². The van der Waals surface area contributed by atoms with Crippen LogP contribution in [0.3, 0.4) is 0 Å². The van der Waals surface area contributed by atoms with Crippen LogP contribution in [0.4, 0.5) is 5.82 Å². The fourth-order valence-electron chi connectivity index (χ4n) is 3.80. The Bertz CT molecular complexity index is 539. The SMILES string of the molecule is CCCN1CCC[C@@H]1C(=O)N1CCC(Nc2ccc(C)nn2)CC1. The van der Waals surface area contributed by atoms with Crippen LogP contribution in [0.1, 0.15) is 44.7 Å². The van der Waals surface area contributed by atoms with Gasteiger partial charge in [0.15, 0.2) is 0 Å². The van der Waals surface area contributed by atoms with Crippen LogP contribution >= 0.6 is 0 Å². The molecule has 1 aromatic heterocycles. The third kappa shape index (κ3) is 4.04. The van der Waals surface area contributed by atoms with E-state index in [0.29, 0.717) is 11.9 Å². The number of amides is 1. The summed E-state index contributed by atoms with van der Waals surface area (Å²) in [5.74, 6) is 1.17. The first kappa shape index (κ1) is 17.1. The highest BCUT2D eigenvalue weighted by atomic mass is 16.2. The molecule has 6 heteroatoms. The molecule has 132 valence electrons. The normalized spacial score (nSPS) is 22.8. The van der Waals surface area contributed by atoms with Crippen LogP contribution in [-0.2, 0) is 4.79 Å². The Kier molecular flexibility index (Phi) is 5.66. The predicted molar refractivity (Wildman–Crippen MR) is 94.9 cm³/mol. The number of hydrogen-bond donors (Lipinski definition) is 1. The molecule has 0 radical (unpaired) electrons. The van der Waals surface area contributed by atoms with Gasteiger partial charge in [-0.05, 0) is 64.3 Å². The predicted octanol–water partition coefficient (Wildman–Crippen LogP) is 2.06. The lowest BCUT2D eigenvalue weighted by molar-refractivity contribution is -0.137. The van der Waals surface area contributed by atoms with Crippen molar-refractivity contribution in [3.63, 3.8) is 0 Å². The molecule has 0 saturated carbocycles. The zero-order valence-electron chi connectivity index (χ0n) is 14.9. The van der Waals surface area contributed by atoms with Crippen molar-refractivity contribution in [1.82, 2.24) is 20.0 Å². The highest BCUT2D eigenvalue weighted by Crippen LogP contribution is 2.22. The molecular weight excluding hydrogens is 302 g/mol. The van der Waals surface area contributed by atoms with Gasteiger partial charge in [-0.25, -0.2) is 0 Å². The first-order valence-corrected chi connectivity index (χ1v) is 9.27. The summed E-state index contributed by atoms with van der Waals surface area (Å²) in [5, 5.41) is 11.7. The van der Waals surface area contributed by atoms with Crippen LogP contribution in [0, 0.1) is 6.92 Å². The van der Waals surface area contributed by atoms with Gasteiger partial charge >= 0.3 is 0 Å². The number of piperidine rings is 1. The quantitative estimate of drug-likeness (QED) is 0.895. The van der Waals surface area contributed by atoms with Crippen molar-refractivity contribution in [3.05, 3.63) is 17.8 Å². The monoisotopic (exact) mass is 331 g/mol. The summed E-state index contributed by atoms with van der Waals surface area (Å²) >= 11 is 0. The van der Waals surface area contributed by atoms with E-state index >= 15 is 0 Å². The van der Waals surface area contributed by atoms with Crippen molar-refractivity contribution in [2.75, 3.05) is 31.5 Å². The number of carbonyl (C=O) groups is 1. The Hall–Kier alpha value is -1.69. The Labute approximate surface area is 144 Å². The first-order chi connectivity index (χ1) is 11.7. The van der Waals surface area contributed by atoms with Gasteiger partial charge in [-0.2, -0.15) is 5.10 Å². The average molecular weight is 331 g/mol. The lowest BCUT2D eigenvalue weighted by Gasteiger charge is -2.35. The molecule has 2 aliphatic heterocycles. The van der Waals surface area contributed by atoms with E-state index in [1.807, 2.05) is 19.1 Å². The zero-order valence-corrected chi connectivity index (χ0v) is 14.9. The first-order valence-electron chi connectivity index (χ1n) is 9.27. The highest BCUT2D eigenvalue weighted by molar-refractivity contribution is 5.82. The number of nitrogens with zero attached hydrogens (tertiary/aromatic N) is 4. The fourth-order valence-corrected chi connectivity index (χ4v) is 3.80. The number of rotatable bonds is 5. The summed E-state index contributed by atoms with van der Waals surface area (Å²) < 4.78 is 0. The summed E-state index contributed by atoms with van der Waals surface area (Å²) in [5.41, 5.74) is 0.925. The lowest BCUT2D eigenvalue weighted by atomic mass is 10.0. The molecule has 0 aromatic carbocycles. The molecule has 3 rings (SSSR count). The minimum atomic E-state index is 0.123. The van der Waals surface area contributed by atoms with Gasteiger partial charge in [0.1, 0.15) is 5.82 Å². The van der Waals surface area contributed by atoms with Gasteiger partial charge in [0.25, 0.3) is 0 Å². The van der Waals surface area contributed by atoms with Gasteiger partial charge in [0, 0.05) is 19.1 Å². The Morgan fingerprint density at radius 1 is 1.21 bits per heavy atom. The third-order valence-corrected chi connectivity index (χ3v) is 5.12. The van der Waals surface area contributed by atoms with Gasteiger partial charge in [-0.1, -0.05) is 6.92 Å². The topological polar surface area (TPSA) is 61.4 Å². The van der Waals surface area contributed by atoms with E-state index in [-0.39, 0.29) is 6.04 Å². The molecule has 0 unspecified atom stereocenters. The zero-order chi connectivity index (χ0) is 16.9. The van der Waals surface area contributed by atoms with E-state index in [1.165, 1.54) is 0 Å². The van der Waals surface area contributed by atoms with Crippen LogP contribution in [0.5, 0.6) is 0 Å². The number of nitrogens with one attached hydrogen (secondary N) is 1. The van der Waals surface area contributed by atoms with Crippen LogP contribution in [-0.4, -0.2) is 64.2 Å². The van der Waals surface area contributed by atoms with E-state index in [9.17, 15) is 4.79 Å². The molecule has 0 bridgehead atoms. The lowest BCUT2D eigenvalue weighted by Crippen LogP contribution is -2.50.